The molecule has 0 amide bonds. The van der Waals surface area contributed by atoms with Gasteiger partial charge in [0.15, 0.2) is 0 Å². The van der Waals surface area contributed by atoms with Crippen molar-refractivity contribution in [3.63, 3.8) is 0 Å². The zero-order valence-corrected chi connectivity index (χ0v) is 15.6. The van der Waals surface area contributed by atoms with Gasteiger partial charge >= 0.3 is 0 Å². The van der Waals surface area contributed by atoms with E-state index in [9.17, 15) is 4.21 Å². The maximum atomic E-state index is 11.7. The van der Waals surface area contributed by atoms with Gasteiger partial charge in [-0.3, -0.25) is 0 Å². The molecule has 0 aliphatic heterocycles. The molecular formula is C14H25ClN4O3S. The summed E-state index contributed by atoms with van der Waals surface area (Å²) in [5.74, 6) is 0. The number of hydrogen-bond donors (Lipinski definition) is 2. The standard InChI is InChI=1S/C9H16N2O2S.C5H8N2O.ClH/c1-7(8-5-6-13-10-8)11-14(12)9(2,3)4;1-4(6)5-2-3-8-7-5;/h5-7,11H,1-4H3;2-4H,6H2,1H3;1H. The lowest BCUT2D eigenvalue weighted by Gasteiger charge is -2.20. The van der Waals surface area contributed by atoms with Crippen LogP contribution in [0.5, 0.6) is 0 Å². The van der Waals surface area contributed by atoms with Crippen molar-refractivity contribution in [2.75, 3.05) is 0 Å². The van der Waals surface area contributed by atoms with Crippen molar-refractivity contribution in [1.29, 1.82) is 0 Å². The average Bonchev–Trinajstić information content (AvgIpc) is 3.12. The van der Waals surface area contributed by atoms with Gasteiger partial charge in [0, 0.05) is 18.2 Å². The summed E-state index contributed by atoms with van der Waals surface area (Å²) in [6, 6.07) is 3.44. The second-order valence-electron chi connectivity index (χ2n) is 5.86. The summed E-state index contributed by atoms with van der Waals surface area (Å²) in [6.45, 7) is 9.53. The molecule has 2 aromatic heterocycles. The molecular weight excluding hydrogens is 340 g/mol. The molecule has 3 unspecified atom stereocenters. The molecule has 132 valence electrons. The number of nitrogens with zero attached hydrogens (tertiary/aromatic N) is 2. The molecule has 3 N–H and O–H groups in total. The molecule has 9 heteroatoms. The Labute approximate surface area is 145 Å². The predicted octanol–water partition coefficient (Wildman–Crippen LogP) is 2.90. The summed E-state index contributed by atoms with van der Waals surface area (Å²) in [4.78, 5) is 0. The van der Waals surface area contributed by atoms with Gasteiger partial charge in [0.05, 0.1) is 27.5 Å². The highest BCUT2D eigenvalue weighted by atomic mass is 35.5. The molecule has 3 atom stereocenters. The van der Waals surface area contributed by atoms with Crippen LogP contribution >= 0.6 is 12.4 Å². The molecule has 2 rings (SSSR count). The topological polar surface area (TPSA) is 107 Å². The highest BCUT2D eigenvalue weighted by molar-refractivity contribution is 7.84. The van der Waals surface area contributed by atoms with Crippen LogP contribution in [0.4, 0.5) is 0 Å². The Morgan fingerprint density at radius 3 is 1.91 bits per heavy atom. The number of nitrogens with one attached hydrogen (secondary N) is 1. The van der Waals surface area contributed by atoms with Crippen molar-refractivity contribution in [3.8, 4) is 0 Å². The lowest BCUT2D eigenvalue weighted by atomic mass is 10.3. The third-order valence-electron chi connectivity index (χ3n) is 2.67. The minimum Gasteiger partial charge on any atom is -0.364 e. The first-order valence-corrected chi connectivity index (χ1v) is 8.11. The average molecular weight is 365 g/mol. The van der Waals surface area contributed by atoms with Crippen LogP contribution in [-0.4, -0.2) is 19.3 Å². The van der Waals surface area contributed by atoms with Crippen LogP contribution in [0.15, 0.2) is 33.7 Å². The summed E-state index contributed by atoms with van der Waals surface area (Å²) < 4.78 is 23.7. The normalized spacial score (nSPS) is 14.9. The minimum atomic E-state index is -1.08. The van der Waals surface area contributed by atoms with Gasteiger partial charge in [-0.25, -0.2) is 8.93 Å². The van der Waals surface area contributed by atoms with Gasteiger partial charge in [0.1, 0.15) is 18.2 Å². The Kier molecular flexibility index (Phi) is 9.29. The van der Waals surface area contributed by atoms with Crippen LogP contribution in [0.25, 0.3) is 0 Å². The summed E-state index contributed by atoms with van der Waals surface area (Å²) in [6.07, 6.45) is 3.02. The summed E-state index contributed by atoms with van der Waals surface area (Å²) in [5, 5.41) is 7.40. The molecule has 0 aliphatic carbocycles. The zero-order valence-electron chi connectivity index (χ0n) is 14.0. The molecule has 0 spiro atoms. The van der Waals surface area contributed by atoms with Gasteiger partial charge in [-0.2, -0.15) is 0 Å². The van der Waals surface area contributed by atoms with Crippen LogP contribution in [0.1, 0.15) is 58.1 Å². The molecule has 0 fully saturated rings. The molecule has 0 aliphatic rings. The summed E-state index contributed by atoms with van der Waals surface area (Å²) >= 11 is 0. The molecule has 0 aromatic carbocycles. The van der Waals surface area contributed by atoms with E-state index in [-0.39, 0.29) is 29.2 Å². The van der Waals surface area contributed by atoms with Crippen molar-refractivity contribution >= 4 is 23.4 Å². The van der Waals surface area contributed by atoms with Gasteiger partial charge < -0.3 is 14.8 Å². The van der Waals surface area contributed by atoms with Crippen molar-refractivity contribution in [3.05, 3.63) is 36.0 Å². The molecule has 23 heavy (non-hydrogen) atoms. The predicted molar refractivity (Wildman–Crippen MR) is 92.3 cm³/mol. The van der Waals surface area contributed by atoms with Crippen LogP contribution in [-0.2, 0) is 11.0 Å². The zero-order chi connectivity index (χ0) is 16.8. The van der Waals surface area contributed by atoms with Crippen LogP contribution in [0.3, 0.4) is 0 Å². The van der Waals surface area contributed by atoms with E-state index in [0.717, 1.165) is 11.4 Å². The fraction of sp³-hybridized carbons (Fsp3) is 0.571. The highest BCUT2D eigenvalue weighted by Gasteiger charge is 2.22. The Hall–Kier alpha value is -1.22. The van der Waals surface area contributed by atoms with E-state index in [4.69, 9.17) is 10.3 Å². The van der Waals surface area contributed by atoms with Crippen molar-refractivity contribution in [2.24, 2.45) is 5.73 Å². The van der Waals surface area contributed by atoms with E-state index in [1.807, 2.05) is 34.6 Å². The Morgan fingerprint density at radius 2 is 1.61 bits per heavy atom. The van der Waals surface area contributed by atoms with Crippen LogP contribution in [0.2, 0.25) is 0 Å². The van der Waals surface area contributed by atoms with E-state index in [1.54, 1.807) is 12.1 Å². The second kappa shape index (κ2) is 9.82. The number of aromatic nitrogens is 2. The number of halogens is 1. The molecule has 7 nitrogen and oxygen atoms in total. The molecule has 0 radical (unpaired) electrons. The molecule has 2 aromatic rings. The molecule has 0 bridgehead atoms. The highest BCUT2D eigenvalue weighted by Crippen LogP contribution is 2.15. The fourth-order valence-corrected chi connectivity index (χ4v) is 2.10. The van der Waals surface area contributed by atoms with E-state index >= 15 is 0 Å². The molecule has 0 saturated heterocycles. The Balaban J connectivity index is 0.000000460. The Morgan fingerprint density at radius 1 is 1.13 bits per heavy atom. The fourth-order valence-electron chi connectivity index (χ4n) is 1.30. The smallest absolute Gasteiger partial charge is 0.124 e. The van der Waals surface area contributed by atoms with E-state index in [1.165, 1.54) is 12.5 Å². The second-order valence-corrected chi connectivity index (χ2v) is 7.86. The minimum absolute atomic E-state index is 0. The largest absolute Gasteiger partial charge is 0.364 e. The lowest BCUT2D eigenvalue weighted by Crippen LogP contribution is -2.34. The first kappa shape index (κ1) is 21.8. The quantitative estimate of drug-likeness (QED) is 0.863. The van der Waals surface area contributed by atoms with Gasteiger partial charge in [-0.15, -0.1) is 12.4 Å². The van der Waals surface area contributed by atoms with Gasteiger partial charge in [-0.05, 0) is 34.6 Å². The van der Waals surface area contributed by atoms with Gasteiger partial charge in [0.2, 0.25) is 0 Å². The molecule has 2 heterocycles. The number of hydrogen-bond acceptors (Lipinski definition) is 6. The first-order chi connectivity index (χ1) is 10.2. The lowest BCUT2D eigenvalue weighted by molar-refractivity contribution is 0.405. The monoisotopic (exact) mass is 364 g/mol. The van der Waals surface area contributed by atoms with Crippen LogP contribution < -0.4 is 10.5 Å². The van der Waals surface area contributed by atoms with Crippen molar-refractivity contribution < 1.29 is 13.3 Å². The molecule has 0 saturated carbocycles. The van der Waals surface area contributed by atoms with Crippen molar-refractivity contribution in [1.82, 2.24) is 15.0 Å². The van der Waals surface area contributed by atoms with E-state index < -0.39 is 11.0 Å². The maximum absolute atomic E-state index is 11.7. The van der Waals surface area contributed by atoms with Crippen LogP contribution in [0, 0.1) is 0 Å². The van der Waals surface area contributed by atoms with Crippen molar-refractivity contribution in [2.45, 2.75) is 51.4 Å². The van der Waals surface area contributed by atoms with Gasteiger partial charge in [-0.1, -0.05) is 10.3 Å². The first-order valence-electron chi connectivity index (χ1n) is 6.96. The number of nitrogens with two attached hydrogens (primary N) is 1. The van der Waals surface area contributed by atoms with E-state index in [2.05, 4.69) is 19.6 Å². The maximum Gasteiger partial charge on any atom is 0.124 e. The third-order valence-corrected chi connectivity index (χ3v) is 4.35. The SMILES string of the molecule is CC(N)c1ccon1.CC(NS(=O)C(C)(C)C)c1ccon1.Cl. The Bertz CT molecular complexity index is 553. The third kappa shape index (κ3) is 7.74. The summed E-state index contributed by atoms with van der Waals surface area (Å²) in [7, 11) is -1.08. The van der Waals surface area contributed by atoms with Gasteiger partial charge in [0.25, 0.3) is 0 Å². The van der Waals surface area contributed by atoms with E-state index in [0.29, 0.717) is 0 Å². The number of rotatable bonds is 4. The summed E-state index contributed by atoms with van der Waals surface area (Å²) in [5.41, 5.74) is 7.00.